The smallest absolute Gasteiger partial charge is 0.207 e. The van der Waals surface area contributed by atoms with Crippen LogP contribution in [-0.4, -0.2) is 23.8 Å². The third-order valence-corrected chi connectivity index (χ3v) is 2.64. The van der Waals surface area contributed by atoms with Crippen molar-refractivity contribution in [2.45, 2.75) is 38.5 Å². The fourth-order valence-electron chi connectivity index (χ4n) is 1.86. The fraction of sp³-hybridized carbons (Fsp3) is 0.727. The Morgan fingerprint density at radius 2 is 1.67 bits per heavy atom. The zero-order valence-electron chi connectivity index (χ0n) is 8.95. The molecule has 0 aromatic heterocycles. The van der Waals surface area contributed by atoms with Crippen LogP contribution in [0.25, 0.3) is 0 Å². The normalized spacial score (nSPS) is 18.5. The molecule has 0 N–H and O–H groups in total. The lowest BCUT2D eigenvalue weighted by Crippen LogP contribution is -2.33. The Labute approximate surface area is 90.8 Å². The molecule has 0 saturated carbocycles. The molecule has 0 amide bonds. The van der Waals surface area contributed by atoms with Gasteiger partial charge < -0.3 is 4.90 Å². The molecule has 80 valence electrons. The summed E-state index contributed by atoms with van der Waals surface area (Å²) in [5.74, 6) is 0.641. The van der Waals surface area contributed by atoms with E-state index in [9.17, 15) is 0 Å². The van der Waals surface area contributed by atoms with Crippen LogP contribution in [-0.2, 0) is 0 Å². The lowest BCUT2D eigenvalue weighted by molar-refractivity contribution is 0.358. The maximum absolute atomic E-state index is 8.65. The summed E-state index contributed by atoms with van der Waals surface area (Å²) in [6.45, 7) is 1.87. The van der Waals surface area contributed by atoms with E-state index in [2.05, 4.69) is 16.0 Å². The highest BCUT2D eigenvalue weighted by Crippen LogP contribution is 2.11. The van der Waals surface area contributed by atoms with E-state index < -0.39 is 0 Å². The number of aliphatic imine (C=N–C) groups is 1. The summed E-state index contributed by atoms with van der Waals surface area (Å²) >= 11 is 0. The van der Waals surface area contributed by atoms with E-state index in [1.54, 1.807) is 6.19 Å². The van der Waals surface area contributed by atoms with Crippen LogP contribution in [0.1, 0.15) is 38.5 Å². The summed E-state index contributed by atoms with van der Waals surface area (Å²) in [5, 5.41) is 17.2. The van der Waals surface area contributed by atoms with E-state index in [-0.39, 0.29) is 6.42 Å². The molecule has 0 aliphatic carbocycles. The Balaban J connectivity index is 2.60. The highest BCUT2D eigenvalue weighted by atomic mass is 15.2. The molecule has 1 aliphatic rings. The van der Waals surface area contributed by atoms with Crippen molar-refractivity contribution < 1.29 is 0 Å². The molecule has 0 unspecified atom stereocenters. The van der Waals surface area contributed by atoms with Gasteiger partial charge in [-0.3, -0.25) is 0 Å². The quantitative estimate of drug-likeness (QED) is 0.373. The molecule has 1 fully saturated rings. The van der Waals surface area contributed by atoms with Gasteiger partial charge in [0.2, 0.25) is 6.19 Å². The molecule has 4 nitrogen and oxygen atoms in total. The Bertz CT molecular complexity index is 287. The van der Waals surface area contributed by atoms with E-state index in [0.29, 0.717) is 5.84 Å². The first-order valence-corrected chi connectivity index (χ1v) is 5.46. The number of amidine groups is 1. The number of likely N-dealkylation sites (tertiary alicyclic amines) is 1. The minimum absolute atomic E-state index is 0.244. The highest BCUT2D eigenvalue weighted by molar-refractivity contribution is 5.84. The van der Waals surface area contributed by atoms with Crippen molar-refractivity contribution in [3.8, 4) is 12.3 Å². The second-order valence-corrected chi connectivity index (χ2v) is 3.72. The molecule has 1 heterocycles. The maximum atomic E-state index is 8.65. The van der Waals surface area contributed by atoms with Gasteiger partial charge in [-0.1, -0.05) is 19.3 Å². The van der Waals surface area contributed by atoms with E-state index >= 15 is 0 Å². The summed E-state index contributed by atoms with van der Waals surface area (Å²) in [6.07, 6.45) is 8.07. The molecule has 4 heteroatoms. The summed E-state index contributed by atoms with van der Waals surface area (Å²) in [6, 6.07) is 2.06. The Kier molecular flexibility index (Phi) is 5.25. The molecule has 0 spiro atoms. The van der Waals surface area contributed by atoms with Gasteiger partial charge in [0.25, 0.3) is 0 Å². The minimum Gasteiger partial charge on any atom is -0.358 e. The van der Waals surface area contributed by atoms with Crippen LogP contribution in [0.4, 0.5) is 0 Å². The molecule has 0 atom stereocenters. The molecule has 1 saturated heterocycles. The van der Waals surface area contributed by atoms with Crippen molar-refractivity contribution in [2.75, 3.05) is 13.1 Å². The Morgan fingerprint density at radius 3 is 2.20 bits per heavy atom. The zero-order valence-corrected chi connectivity index (χ0v) is 8.95. The molecular weight excluding hydrogens is 188 g/mol. The SMILES string of the molecule is N#CCC(=NC#N)N1CCCCCCC1. The molecule has 0 radical (unpaired) electrons. The van der Waals surface area contributed by atoms with Gasteiger partial charge in [0.15, 0.2) is 0 Å². The van der Waals surface area contributed by atoms with Gasteiger partial charge in [0, 0.05) is 13.1 Å². The van der Waals surface area contributed by atoms with Gasteiger partial charge in [-0.05, 0) is 12.8 Å². The van der Waals surface area contributed by atoms with Crippen molar-refractivity contribution >= 4 is 5.84 Å². The predicted molar refractivity (Wildman–Crippen MR) is 57.9 cm³/mol. The fourth-order valence-corrected chi connectivity index (χ4v) is 1.86. The number of hydrogen-bond donors (Lipinski definition) is 0. The largest absolute Gasteiger partial charge is 0.358 e. The number of nitriles is 2. The third kappa shape index (κ3) is 3.99. The van der Waals surface area contributed by atoms with Crippen molar-refractivity contribution in [1.82, 2.24) is 4.90 Å². The molecule has 0 aromatic rings. The van der Waals surface area contributed by atoms with Gasteiger partial charge in [0.05, 0.1) is 12.5 Å². The average Bonchev–Trinajstić information content (AvgIpc) is 2.17. The first-order chi connectivity index (χ1) is 7.38. The van der Waals surface area contributed by atoms with E-state index in [1.165, 1.54) is 19.3 Å². The summed E-state index contributed by atoms with van der Waals surface area (Å²) < 4.78 is 0. The van der Waals surface area contributed by atoms with Gasteiger partial charge in [-0.2, -0.15) is 15.5 Å². The van der Waals surface area contributed by atoms with Crippen LogP contribution in [0.5, 0.6) is 0 Å². The van der Waals surface area contributed by atoms with Crippen LogP contribution in [0.3, 0.4) is 0 Å². The first kappa shape index (κ1) is 11.5. The van der Waals surface area contributed by atoms with Gasteiger partial charge in [0.1, 0.15) is 5.84 Å². The Morgan fingerprint density at radius 1 is 1.07 bits per heavy atom. The lowest BCUT2D eigenvalue weighted by atomic mass is 10.1. The average molecular weight is 204 g/mol. The molecule has 1 aliphatic heterocycles. The van der Waals surface area contributed by atoms with Gasteiger partial charge in [-0.15, -0.1) is 0 Å². The number of rotatable bonds is 1. The lowest BCUT2D eigenvalue weighted by Gasteiger charge is -2.26. The standard InChI is InChI=1S/C11H16N4/c12-7-6-11(14-10-13)15-8-4-2-1-3-5-9-15/h1-6,8-9H2. The van der Waals surface area contributed by atoms with Crippen molar-refractivity contribution in [3.05, 3.63) is 0 Å². The van der Waals surface area contributed by atoms with Crippen LogP contribution in [0.2, 0.25) is 0 Å². The molecule has 1 rings (SSSR count). The van der Waals surface area contributed by atoms with Gasteiger partial charge >= 0.3 is 0 Å². The van der Waals surface area contributed by atoms with Crippen molar-refractivity contribution in [1.29, 1.82) is 10.5 Å². The minimum atomic E-state index is 0.244. The third-order valence-electron chi connectivity index (χ3n) is 2.64. The Hall–Kier alpha value is -1.55. The summed E-state index contributed by atoms with van der Waals surface area (Å²) in [4.78, 5) is 5.82. The van der Waals surface area contributed by atoms with Crippen molar-refractivity contribution in [3.63, 3.8) is 0 Å². The maximum Gasteiger partial charge on any atom is 0.207 e. The molecule has 0 bridgehead atoms. The molecular formula is C11H16N4. The highest BCUT2D eigenvalue weighted by Gasteiger charge is 2.12. The zero-order chi connectivity index (χ0) is 10.9. The van der Waals surface area contributed by atoms with Crippen LogP contribution < -0.4 is 0 Å². The molecule has 15 heavy (non-hydrogen) atoms. The number of nitrogens with zero attached hydrogens (tertiary/aromatic N) is 4. The summed E-state index contributed by atoms with van der Waals surface area (Å²) in [7, 11) is 0. The van der Waals surface area contributed by atoms with E-state index in [1.807, 2.05) is 0 Å². The molecule has 0 aromatic carbocycles. The topological polar surface area (TPSA) is 63.2 Å². The van der Waals surface area contributed by atoms with E-state index in [0.717, 1.165) is 25.9 Å². The predicted octanol–water partition coefficient (Wildman–Crippen LogP) is 2.05. The van der Waals surface area contributed by atoms with Gasteiger partial charge in [-0.25, -0.2) is 0 Å². The first-order valence-electron chi connectivity index (χ1n) is 5.46. The summed E-state index contributed by atoms with van der Waals surface area (Å²) in [5.41, 5.74) is 0. The van der Waals surface area contributed by atoms with E-state index in [4.69, 9.17) is 10.5 Å². The number of hydrogen-bond acceptors (Lipinski definition) is 3. The monoisotopic (exact) mass is 204 g/mol. The second-order valence-electron chi connectivity index (χ2n) is 3.72. The van der Waals surface area contributed by atoms with Crippen LogP contribution in [0.15, 0.2) is 4.99 Å². The van der Waals surface area contributed by atoms with Crippen molar-refractivity contribution in [2.24, 2.45) is 4.99 Å². The van der Waals surface area contributed by atoms with Crippen LogP contribution in [0, 0.1) is 22.8 Å². The second kappa shape index (κ2) is 6.84. The van der Waals surface area contributed by atoms with Crippen LogP contribution >= 0.6 is 0 Å².